The zero-order valence-electron chi connectivity index (χ0n) is 14.2. The fraction of sp³-hybridized carbons (Fsp3) is 0.938. The van der Waals surface area contributed by atoms with Crippen molar-refractivity contribution in [1.29, 1.82) is 0 Å². The van der Waals surface area contributed by atoms with E-state index in [0.717, 1.165) is 19.3 Å². The Morgan fingerprint density at radius 3 is 2.30 bits per heavy atom. The van der Waals surface area contributed by atoms with Crippen LogP contribution in [0.15, 0.2) is 0 Å². The maximum Gasteiger partial charge on any atom is 0.412 e. The van der Waals surface area contributed by atoms with Crippen LogP contribution in [0.3, 0.4) is 0 Å². The van der Waals surface area contributed by atoms with Gasteiger partial charge in [-0.25, -0.2) is 4.79 Å². The average molecular weight is 285 g/mol. The van der Waals surface area contributed by atoms with E-state index in [4.69, 9.17) is 9.47 Å². The molecule has 4 heteroatoms. The molecule has 20 heavy (non-hydrogen) atoms. The molecule has 0 aliphatic carbocycles. The number of rotatable bonds is 3. The summed E-state index contributed by atoms with van der Waals surface area (Å²) in [6, 6.07) is 0.133. The van der Waals surface area contributed by atoms with E-state index in [1.165, 1.54) is 0 Å². The summed E-state index contributed by atoms with van der Waals surface area (Å²) in [6.45, 7) is 14.8. The standard InChI is InChI=1S/C16H31NO3/c1-8-9-10-12-11-19-13(15(2,3)4)17(12)14(18)20-16(5,6)7/h12-13H,8-11H2,1-7H3/t12-,13+/m0/s1. The Morgan fingerprint density at radius 1 is 1.25 bits per heavy atom. The number of carbonyl (C=O) groups is 1. The third kappa shape index (κ3) is 4.65. The smallest absolute Gasteiger partial charge is 0.412 e. The molecule has 1 aliphatic heterocycles. The summed E-state index contributed by atoms with van der Waals surface area (Å²) >= 11 is 0. The van der Waals surface area contributed by atoms with E-state index in [1.807, 2.05) is 25.7 Å². The summed E-state index contributed by atoms with van der Waals surface area (Å²) in [5, 5.41) is 0. The topological polar surface area (TPSA) is 38.8 Å². The quantitative estimate of drug-likeness (QED) is 0.780. The minimum atomic E-state index is -0.475. The van der Waals surface area contributed by atoms with Gasteiger partial charge >= 0.3 is 6.09 Å². The number of nitrogens with zero attached hydrogens (tertiary/aromatic N) is 1. The predicted octanol–water partition coefficient (Wildman–Crippen LogP) is 4.18. The molecule has 0 N–H and O–H groups in total. The number of ether oxygens (including phenoxy) is 2. The molecule has 0 aromatic heterocycles. The SMILES string of the molecule is CCCC[C@H]1CO[C@H](C(C)(C)C)N1C(=O)OC(C)(C)C. The Morgan fingerprint density at radius 2 is 1.85 bits per heavy atom. The first kappa shape index (κ1) is 17.3. The third-order valence-electron chi connectivity index (χ3n) is 3.33. The van der Waals surface area contributed by atoms with Crippen LogP contribution in [0, 0.1) is 5.41 Å². The van der Waals surface area contributed by atoms with Crippen LogP contribution in [0.2, 0.25) is 0 Å². The maximum atomic E-state index is 12.5. The molecular formula is C16H31NO3. The van der Waals surface area contributed by atoms with Crippen LogP contribution in [-0.2, 0) is 9.47 Å². The van der Waals surface area contributed by atoms with Gasteiger partial charge in [-0.1, -0.05) is 40.5 Å². The van der Waals surface area contributed by atoms with E-state index in [1.54, 1.807) is 0 Å². The number of unbranched alkanes of at least 4 members (excludes halogenated alkanes) is 1. The van der Waals surface area contributed by atoms with E-state index in [2.05, 4.69) is 27.7 Å². The third-order valence-corrected chi connectivity index (χ3v) is 3.33. The highest BCUT2D eigenvalue weighted by Gasteiger charge is 2.45. The molecule has 1 amide bonds. The second-order valence-corrected chi connectivity index (χ2v) is 7.74. The van der Waals surface area contributed by atoms with Crippen LogP contribution < -0.4 is 0 Å². The second kappa shape index (κ2) is 6.33. The van der Waals surface area contributed by atoms with Gasteiger partial charge in [0.2, 0.25) is 0 Å². The van der Waals surface area contributed by atoms with E-state index in [-0.39, 0.29) is 23.8 Å². The first-order valence-corrected chi connectivity index (χ1v) is 7.69. The van der Waals surface area contributed by atoms with Crippen LogP contribution in [0.5, 0.6) is 0 Å². The molecular weight excluding hydrogens is 254 g/mol. The van der Waals surface area contributed by atoms with Gasteiger partial charge in [-0.2, -0.15) is 0 Å². The molecule has 0 aromatic carbocycles. The first-order valence-electron chi connectivity index (χ1n) is 7.69. The summed E-state index contributed by atoms with van der Waals surface area (Å²) in [5.41, 5.74) is -0.588. The summed E-state index contributed by atoms with van der Waals surface area (Å²) in [7, 11) is 0. The van der Waals surface area contributed by atoms with Crippen LogP contribution in [0.1, 0.15) is 67.7 Å². The van der Waals surface area contributed by atoms with E-state index in [9.17, 15) is 4.79 Å². The summed E-state index contributed by atoms with van der Waals surface area (Å²) in [6.07, 6.45) is 2.74. The van der Waals surface area contributed by atoms with Crippen molar-refractivity contribution in [2.75, 3.05) is 6.61 Å². The number of amides is 1. The van der Waals surface area contributed by atoms with E-state index in [0.29, 0.717) is 6.61 Å². The van der Waals surface area contributed by atoms with Crippen LogP contribution in [-0.4, -0.2) is 35.5 Å². The Balaban J connectivity index is 2.87. The molecule has 2 atom stereocenters. The lowest BCUT2D eigenvalue weighted by Gasteiger charge is -2.36. The Labute approximate surface area is 123 Å². The molecule has 1 rings (SSSR count). The summed E-state index contributed by atoms with van der Waals surface area (Å²) in [4.78, 5) is 14.3. The number of hydrogen-bond acceptors (Lipinski definition) is 3. The van der Waals surface area contributed by atoms with Gasteiger partial charge in [-0.3, -0.25) is 4.90 Å². The molecule has 0 radical (unpaired) electrons. The highest BCUT2D eigenvalue weighted by Crippen LogP contribution is 2.34. The van der Waals surface area contributed by atoms with Gasteiger partial charge in [0, 0.05) is 5.41 Å². The zero-order valence-corrected chi connectivity index (χ0v) is 14.2. The van der Waals surface area contributed by atoms with Crippen molar-refractivity contribution in [3.63, 3.8) is 0 Å². The van der Waals surface area contributed by atoms with E-state index < -0.39 is 5.60 Å². The Hall–Kier alpha value is -0.770. The molecule has 0 saturated carbocycles. The minimum absolute atomic E-state index is 0.113. The summed E-state index contributed by atoms with van der Waals surface area (Å²) < 4.78 is 11.5. The lowest BCUT2D eigenvalue weighted by molar-refractivity contribution is -0.0586. The normalized spacial score (nSPS) is 24.1. The molecule has 1 heterocycles. The fourth-order valence-corrected chi connectivity index (χ4v) is 2.44. The molecule has 1 fully saturated rings. The lowest BCUT2D eigenvalue weighted by Crippen LogP contribution is -2.49. The molecule has 4 nitrogen and oxygen atoms in total. The highest BCUT2D eigenvalue weighted by molar-refractivity contribution is 5.69. The van der Waals surface area contributed by atoms with Crippen molar-refractivity contribution in [3.05, 3.63) is 0 Å². The Bertz CT molecular complexity index is 328. The predicted molar refractivity (Wildman–Crippen MR) is 80.6 cm³/mol. The van der Waals surface area contributed by atoms with Gasteiger partial charge in [0.05, 0.1) is 12.6 Å². The lowest BCUT2D eigenvalue weighted by atomic mass is 9.93. The summed E-state index contributed by atoms with van der Waals surface area (Å²) in [5.74, 6) is 0. The van der Waals surface area contributed by atoms with Crippen LogP contribution >= 0.6 is 0 Å². The van der Waals surface area contributed by atoms with Crippen molar-refractivity contribution < 1.29 is 14.3 Å². The Kier molecular flexibility index (Phi) is 5.47. The van der Waals surface area contributed by atoms with Gasteiger partial charge in [-0.15, -0.1) is 0 Å². The van der Waals surface area contributed by atoms with Crippen molar-refractivity contribution >= 4 is 6.09 Å². The first-order chi connectivity index (χ1) is 9.06. The number of hydrogen-bond donors (Lipinski definition) is 0. The van der Waals surface area contributed by atoms with Gasteiger partial charge < -0.3 is 9.47 Å². The monoisotopic (exact) mass is 285 g/mol. The van der Waals surface area contributed by atoms with Crippen LogP contribution in [0.4, 0.5) is 4.79 Å². The average Bonchev–Trinajstić information content (AvgIpc) is 2.67. The van der Waals surface area contributed by atoms with Crippen molar-refractivity contribution in [3.8, 4) is 0 Å². The van der Waals surface area contributed by atoms with Gasteiger partial charge in [-0.05, 0) is 27.2 Å². The second-order valence-electron chi connectivity index (χ2n) is 7.74. The van der Waals surface area contributed by atoms with E-state index >= 15 is 0 Å². The van der Waals surface area contributed by atoms with Gasteiger partial charge in [0.1, 0.15) is 11.8 Å². The molecule has 118 valence electrons. The molecule has 1 saturated heterocycles. The van der Waals surface area contributed by atoms with Crippen LogP contribution in [0.25, 0.3) is 0 Å². The highest BCUT2D eigenvalue weighted by atomic mass is 16.6. The molecule has 0 spiro atoms. The van der Waals surface area contributed by atoms with Gasteiger partial charge in [0.15, 0.2) is 0 Å². The minimum Gasteiger partial charge on any atom is -0.444 e. The zero-order chi connectivity index (χ0) is 15.6. The molecule has 1 aliphatic rings. The van der Waals surface area contributed by atoms with Crippen molar-refractivity contribution in [2.24, 2.45) is 5.41 Å². The van der Waals surface area contributed by atoms with Gasteiger partial charge in [0.25, 0.3) is 0 Å². The number of carbonyl (C=O) groups excluding carboxylic acids is 1. The van der Waals surface area contributed by atoms with Crippen molar-refractivity contribution in [2.45, 2.75) is 85.6 Å². The van der Waals surface area contributed by atoms with Crippen molar-refractivity contribution in [1.82, 2.24) is 4.90 Å². The molecule has 0 bridgehead atoms. The maximum absolute atomic E-state index is 12.5. The molecule has 0 unspecified atom stereocenters. The largest absolute Gasteiger partial charge is 0.444 e. The molecule has 0 aromatic rings. The fourth-order valence-electron chi connectivity index (χ4n) is 2.44.